The summed E-state index contributed by atoms with van der Waals surface area (Å²) in [6.07, 6.45) is 3.39. The molecule has 0 saturated carbocycles. The predicted octanol–water partition coefficient (Wildman–Crippen LogP) is 4.61. The van der Waals surface area contributed by atoms with E-state index < -0.39 is 0 Å². The first kappa shape index (κ1) is 11.5. The van der Waals surface area contributed by atoms with Crippen LogP contribution in [0.4, 0.5) is 4.39 Å². The van der Waals surface area contributed by atoms with Crippen molar-refractivity contribution in [2.24, 2.45) is 0 Å². The van der Waals surface area contributed by atoms with Crippen LogP contribution in [0.25, 0.3) is 0 Å². The van der Waals surface area contributed by atoms with Crippen LogP contribution in [0.1, 0.15) is 38.7 Å². The van der Waals surface area contributed by atoms with Gasteiger partial charge in [0.2, 0.25) is 0 Å². The molecule has 2 heteroatoms. The summed E-state index contributed by atoms with van der Waals surface area (Å²) in [5.41, 5.74) is 1.05. The molecular formula is C12H15ClF. The van der Waals surface area contributed by atoms with Crippen LogP contribution in [0.3, 0.4) is 0 Å². The molecule has 0 atom stereocenters. The predicted molar refractivity (Wildman–Crippen MR) is 59.0 cm³/mol. The topological polar surface area (TPSA) is 0 Å². The number of benzene rings is 1. The van der Waals surface area contributed by atoms with Gasteiger partial charge in [-0.05, 0) is 24.1 Å². The molecule has 0 heterocycles. The Labute approximate surface area is 90.1 Å². The van der Waals surface area contributed by atoms with Gasteiger partial charge in [-0.2, -0.15) is 0 Å². The van der Waals surface area contributed by atoms with Crippen LogP contribution in [-0.2, 0) is 0 Å². The van der Waals surface area contributed by atoms with E-state index >= 15 is 0 Å². The van der Waals surface area contributed by atoms with E-state index in [0.717, 1.165) is 12.0 Å². The Balaban J connectivity index is 2.70. The van der Waals surface area contributed by atoms with Gasteiger partial charge in [0.25, 0.3) is 0 Å². The van der Waals surface area contributed by atoms with E-state index in [1.165, 1.54) is 24.8 Å². The third kappa shape index (κ3) is 2.98. The second-order valence-electron chi connectivity index (χ2n) is 3.51. The molecule has 0 aliphatic carbocycles. The minimum absolute atomic E-state index is 0.207. The van der Waals surface area contributed by atoms with Crippen LogP contribution >= 0.6 is 11.6 Å². The molecular weight excluding hydrogens is 199 g/mol. The minimum Gasteiger partial charge on any atom is -0.205 e. The fourth-order valence-corrected chi connectivity index (χ4v) is 1.53. The molecule has 0 spiro atoms. The molecule has 0 saturated heterocycles. The normalized spacial score (nSPS) is 10.9. The van der Waals surface area contributed by atoms with Crippen molar-refractivity contribution in [2.75, 3.05) is 0 Å². The summed E-state index contributed by atoms with van der Waals surface area (Å²) in [5, 5.41) is 0.207. The zero-order valence-corrected chi connectivity index (χ0v) is 9.37. The van der Waals surface area contributed by atoms with E-state index in [9.17, 15) is 4.39 Å². The summed E-state index contributed by atoms with van der Waals surface area (Å²) in [6.45, 7) is 4.23. The highest BCUT2D eigenvalue weighted by Crippen LogP contribution is 2.24. The van der Waals surface area contributed by atoms with E-state index in [0.29, 0.717) is 0 Å². The van der Waals surface area contributed by atoms with Crippen molar-refractivity contribution in [1.29, 1.82) is 0 Å². The van der Waals surface area contributed by atoms with Crippen LogP contribution in [0, 0.1) is 11.7 Å². The lowest BCUT2D eigenvalue weighted by atomic mass is 9.96. The van der Waals surface area contributed by atoms with Crippen LogP contribution in [0.5, 0.6) is 0 Å². The fourth-order valence-electron chi connectivity index (χ4n) is 1.35. The molecule has 1 rings (SSSR count). The molecule has 0 aliphatic rings. The zero-order valence-electron chi connectivity index (χ0n) is 8.61. The lowest BCUT2D eigenvalue weighted by Crippen LogP contribution is -1.95. The quantitative estimate of drug-likeness (QED) is 0.685. The van der Waals surface area contributed by atoms with Crippen molar-refractivity contribution in [1.82, 2.24) is 0 Å². The minimum atomic E-state index is -0.348. The highest BCUT2D eigenvalue weighted by atomic mass is 35.5. The molecule has 0 unspecified atom stereocenters. The maximum atomic E-state index is 12.9. The summed E-state index contributed by atoms with van der Waals surface area (Å²) in [7, 11) is 0. The Kier molecular flexibility index (Phi) is 4.40. The third-order valence-electron chi connectivity index (χ3n) is 2.32. The van der Waals surface area contributed by atoms with Crippen LogP contribution < -0.4 is 0 Å². The molecule has 1 aromatic carbocycles. The van der Waals surface area contributed by atoms with Gasteiger partial charge in [0, 0.05) is 5.92 Å². The van der Waals surface area contributed by atoms with Gasteiger partial charge in [0.15, 0.2) is 0 Å². The summed E-state index contributed by atoms with van der Waals surface area (Å²) in [5.74, 6) is 0.924. The zero-order chi connectivity index (χ0) is 10.6. The van der Waals surface area contributed by atoms with Gasteiger partial charge in [-0.15, -0.1) is 0 Å². The van der Waals surface area contributed by atoms with Gasteiger partial charge in [0.1, 0.15) is 5.82 Å². The first-order chi connectivity index (χ1) is 6.65. The van der Waals surface area contributed by atoms with Crippen molar-refractivity contribution >= 4 is 11.6 Å². The SMILES string of the molecule is CCCC[C](C)c1ccc(F)c(Cl)c1. The Hall–Kier alpha value is -0.560. The first-order valence-corrected chi connectivity index (χ1v) is 5.30. The Bertz CT molecular complexity index is 296. The van der Waals surface area contributed by atoms with E-state index in [-0.39, 0.29) is 10.8 Å². The lowest BCUT2D eigenvalue weighted by molar-refractivity contribution is 0.627. The van der Waals surface area contributed by atoms with E-state index in [1.807, 2.05) is 0 Å². The molecule has 77 valence electrons. The lowest BCUT2D eigenvalue weighted by Gasteiger charge is -2.10. The maximum Gasteiger partial charge on any atom is 0.141 e. The monoisotopic (exact) mass is 213 g/mol. The van der Waals surface area contributed by atoms with Crippen molar-refractivity contribution in [2.45, 2.75) is 33.1 Å². The van der Waals surface area contributed by atoms with E-state index in [4.69, 9.17) is 11.6 Å². The fraction of sp³-hybridized carbons (Fsp3) is 0.417. The molecule has 0 aliphatic heterocycles. The van der Waals surface area contributed by atoms with Gasteiger partial charge in [-0.3, -0.25) is 0 Å². The number of hydrogen-bond donors (Lipinski definition) is 0. The summed E-state index contributed by atoms with van der Waals surface area (Å²) in [6, 6.07) is 4.90. The molecule has 0 bridgehead atoms. The van der Waals surface area contributed by atoms with Gasteiger partial charge >= 0.3 is 0 Å². The molecule has 1 radical (unpaired) electrons. The third-order valence-corrected chi connectivity index (χ3v) is 2.61. The Morgan fingerprint density at radius 3 is 2.71 bits per heavy atom. The highest BCUT2D eigenvalue weighted by Gasteiger charge is 2.08. The van der Waals surface area contributed by atoms with Gasteiger partial charge in [0.05, 0.1) is 5.02 Å². The smallest absolute Gasteiger partial charge is 0.141 e. The maximum absolute atomic E-state index is 12.9. The summed E-state index contributed by atoms with van der Waals surface area (Å²) in [4.78, 5) is 0. The number of rotatable bonds is 4. The highest BCUT2D eigenvalue weighted by molar-refractivity contribution is 6.30. The van der Waals surface area contributed by atoms with Crippen LogP contribution in [0.2, 0.25) is 5.02 Å². The number of halogens is 2. The van der Waals surface area contributed by atoms with Crippen molar-refractivity contribution in [3.05, 3.63) is 40.5 Å². The van der Waals surface area contributed by atoms with Crippen molar-refractivity contribution in [3.63, 3.8) is 0 Å². The summed E-state index contributed by atoms with van der Waals surface area (Å²) < 4.78 is 12.9. The molecule has 0 N–H and O–H groups in total. The molecule has 0 amide bonds. The largest absolute Gasteiger partial charge is 0.205 e. The standard InChI is InChI=1S/C12H15ClF/c1-3-4-5-9(2)10-6-7-12(14)11(13)8-10/h6-8H,3-5H2,1-2H3. The second-order valence-corrected chi connectivity index (χ2v) is 3.92. The average Bonchev–Trinajstić information content (AvgIpc) is 2.18. The number of hydrogen-bond acceptors (Lipinski definition) is 0. The van der Waals surface area contributed by atoms with Gasteiger partial charge < -0.3 is 0 Å². The molecule has 14 heavy (non-hydrogen) atoms. The number of unbranched alkanes of at least 4 members (excludes halogenated alkanes) is 1. The molecule has 0 aromatic heterocycles. The van der Waals surface area contributed by atoms with Crippen molar-refractivity contribution < 1.29 is 4.39 Å². The van der Waals surface area contributed by atoms with Crippen LogP contribution in [-0.4, -0.2) is 0 Å². The van der Waals surface area contributed by atoms with Crippen molar-refractivity contribution in [3.8, 4) is 0 Å². The first-order valence-electron chi connectivity index (χ1n) is 4.93. The van der Waals surface area contributed by atoms with E-state index in [1.54, 1.807) is 12.1 Å². The van der Waals surface area contributed by atoms with Gasteiger partial charge in [-0.1, -0.05) is 44.4 Å². The van der Waals surface area contributed by atoms with Gasteiger partial charge in [-0.25, -0.2) is 4.39 Å². The Morgan fingerprint density at radius 1 is 1.43 bits per heavy atom. The molecule has 0 fully saturated rings. The summed E-state index contributed by atoms with van der Waals surface area (Å²) >= 11 is 5.70. The van der Waals surface area contributed by atoms with E-state index in [2.05, 4.69) is 13.8 Å². The average molecular weight is 214 g/mol. The molecule has 0 nitrogen and oxygen atoms in total. The molecule has 1 aromatic rings. The Morgan fingerprint density at radius 2 is 2.14 bits per heavy atom. The van der Waals surface area contributed by atoms with Crippen LogP contribution in [0.15, 0.2) is 18.2 Å². The second kappa shape index (κ2) is 5.35.